The lowest BCUT2D eigenvalue weighted by atomic mass is 10.2. The summed E-state index contributed by atoms with van der Waals surface area (Å²) in [5, 5.41) is 1.05. The lowest BCUT2D eigenvalue weighted by Gasteiger charge is -2.18. The minimum atomic E-state index is 0.718. The van der Waals surface area contributed by atoms with Crippen LogP contribution in [-0.2, 0) is 0 Å². The third kappa shape index (κ3) is 4.34. The second kappa shape index (κ2) is 8.52. The van der Waals surface area contributed by atoms with Crippen LogP contribution in [0.2, 0.25) is 0 Å². The van der Waals surface area contributed by atoms with Crippen molar-refractivity contribution in [3.05, 3.63) is 42.5 Å². The van der Waals surface area contributed by atoms with Crippen LogP contribution < -0.4 is 9.64 Å². The van der Waals surface area contributed by atoms with Crippen molar-refractivity contribution in [2.24, 2.45) is 0 Å². The van der Waals surface area contributed by atoms with Gasteiger partial charge in [0, 0.05) is 31.9 Å². The summed E-state index contributed by atoms with van der Waals surface area (Å²) in [5.41, 5.74) is 3.38. The van der Waals surface area contributed by atoms with Crippen molar-refractivity contribution in [2.45, 2.75) is 13.8 Å². The van der Waals surface area contributed by atoms with Crippen LogP contribution in [0.3, 0.4) is 0 Å². The fourth-order valence-corrected chi connectivity index (χ4v) is 3.85. The predicted molar refractivity (Wildman–Crippen MR) is 113 cm³/mol. The Labute approximate surface area is 160 Å². The highest BCUT2D eigenvalue weighted by Gasteiger charge is 2.08. The highest BCUT2D eigenvalue weighted by atomic mass is 32.1. The van der Waals surface area contributed by atoms with E-state index in [1.54, 1.807) is 11.3 Å². The Balaban J connectivity index is 1.69. The van der Waals surface area contributed by atoms with E-state index < -0.39 is 0 Å². The van der Waals surface area contributed by atoms with Crippen molar-refractivity contribution >= 4 is 27.2 Å². The first-order valence-corrected chi connectivity index (χ1v) is 9.96. The minimum Gasteiger partial charge on any atom is -0.492 e. The van der Waals surface area contributed by atoms with Crippen molar-refractivity contribution in [3.63, 3.8) is 0 Å². The van der Waals surface area contributed by atoms with Gasteiger partial charge in [-0.2, -0.15) is 0 Å². The zero-order valence-electron chi connectivity index (χ0n) is 16.0. The Hall–Kier alpha value is -2.11. The number of hydrogen-bond donors (Lipinski definition) is 0. The van der Waals surface area contributed by atoms with Gasteiger partial charge in [-0.1, -0.05) is 13.8 Å². The largest absolute Gasteiger partial charge is 0.492 e. The van der Waals surface area contributed by atoms with Crippen LogP contribution in [0.4, 0.5) is 5.69 Å². The number of fused-ring (bicyclic) bond motifs is 1. The van der Waals surface area contributed by atoms with Crippen molar-refractivity contribution in [1.29, 1.82) is 0 Å². The maximum Gasteiger partial charge on any atom is 0.124 e. The second-order valence-corrected chi connectivity index (χ2v) is 7.50. The highest BCUT2D eigenvalue weighted by molar-refractivity contribution is 7.21. The van der Waals surface area contributed by atoms with E-state index in [2.05, 4.69) is 68.1 Å². The molecular formula is C21H27N3OS. The van der Waals surface area contributed by atoms with Gasteiger partial charge >= 0.3 is 0 Å². The Morgan fingerprint density at radius 3 is 2.38 bits per heavy atom. The molecule has 0 radical (unpaired) electrons. The van der Waals surface area contributed by atoms with Gasteiger partial charge in [0.2, 0.25) is 0 Å². The zero-order chi connectivity index (χ0) is 18.5. The summed E-state index contributed by atoms with van der Waals surface area (Å²) in [7, 11) is 4.12. The molecule has 0 bridgehead atoms. The van der Waals surface area contributed by atoms with Gasteiger partial charge in [-0.15, -0.1) is 11.3 Å². The van der Waals surface area contributed by atoms with Crippen LogP contribution in [0.5, 0.6) is 5.75 Å². The van der Waals surface area contributed by atoms with Crippen molar-refractivity contribution in [2.75, 3.05) is 45.2 Å². The van der Waals surface area contributed by atoms with Gasteiger partial charge < -0.3 is 14.5 Å². The number of benzene rings is 2. The van der Waals surface area contributed by atoms with Crippen LogP contribution in [0.1, 0.15) is 13.8 Å². The van der Waals surface area contributed by atoms with Crippen LogP contribution in [-0.4, -0.2) is 50.2 Å². The number of aromatic nitrogens is 1. The lowest BCUT2D eigenvalue weighted by molar-refractivity contribution is 0.223. The van der Waals surface area contributed by atoms with Crippen molar-refractivity contribution < 1.29 is 4.74 Å². The molecule has 2 aromatic carbocycles. The lowest BCUT2D eigenvalue weighted by Crippen LogP contribution is -2.27. The monoisotopic (exact) mass is 369 g/mol. The van der Waals surface area contributed by atoms with Crippen LogP contribution >= 0.6 is 11.3 Å². The van der Waals surface area contributed by atoms with E-state index in [9.17, 15) is 0 Å². The molecule has 0 amide bonds. The van der Waals surface area contributed by atoms with Crippen LogP contribution in [0.15, 0.2) is 42.5 Å². The summed E-state index contributed by atoms with van der Waals surface area (Å²) in [4.78, 5) is 9.25. The molecule has 0 aliphatic carbocycles. The Morgan fingerprint density at radius 2 is 1.73 bits per heavy atom. The molecule has 138 valence electrons. The molecule has 0 N–H and O–H groups in total. The number of rotatable bonds is 8. The molecule has 26 heavy (non-hydrogen) atoms. The number of nitrogens with zero attached hydrogens (tertiary/aromatic N) is 3. The maximum absolute atomic E-state index is 5.87. The van der Waals surface area contributed by atoms with E-state index in [1.165, 1.54) is 10.4 Å². The van der Waals surface area contributed by atoms with Gasteiger partial charge in [0.15, 0.2) is 0 Å². The fourth-order valence-electron chi connectivity index (χ4n) is 2.84. The standard InChI is InChI=1S/C21H27N3OS/c1-5-24(6-2)13-14-25-18-10-7-16(8-11-18)21-22-19-12-9-17(23(3)4)15-20(19)26-21/h7-12,15H,5-6,13-14H2,1-4H3. The van der Waals surface area contributed by atoms with Crippen LogP contribution in [0, 0.1) is 0 Å². The summed E-state index contributed by atoms with van der Waals surface area (Å²) in [6, 6.07) is 14.7. The van der Waals surface area contributed by atoms with E-state index in [-0.39, 0.29) is 0 Å². The van der Waals surface area contributed by atoms with Gasteiger partial charge in [0.05, 0.1) is 10.2 Å². The first-order chi connectivity index (χ1) is 12.6. The molecule has 0 saturated heterocycles. The topological polar surface area (TPSA) is 28.6 Å². The normalized spacial score (nSPS) is 11.3. The van der Waals surface area contributed by atoms with E-state index in [1.807, 2.05) is 12.1 Å². The zero-order valence-corrected chi connectivity index (χ0v) is 16.8. The molecule has 3 aromatic rings. The SMILES string of the molecule is CCN(CC)CCOc1ccc(-c2nc3ccc(N(C)C)cc3s2)cc1. The van der Waals surface area contributed by atoms with E-state index in [4.69, 9.17) is 9.72 Å². The molecule has 1 aromatic heterocycles. The minimum absolute atomic E-state index is 0.718. The van der Waals surface area contributed by atoms with Gasteiger partial charge in [-0.3, -0.25) is 0 Å². The molecule has 0 atom stereocenters. The third-order valence-corrected chi connectivity index (χ3v) is 5.63. The summed E-state index contributed by atoms with van der Waals surface area (Å²) in [5.74, 6) is 0.914. The molecule has 0 saturated carbocycles. The summed E-state index contributed by atoms with van der Waals surface area (Å²) in [6.07, 6.45) is 0. The first kappa shape index (κ1) is 18.7. The fraction of sp³-hybridized carbons (Fsp3) is 0.381. The van der Waals surface area contributed by atoms with Crippen molar-refractivity contribution in [3.8, 4) is 16.3 Å². The predicted octanol–water partition coefficient (Wildman–Crippen LogP) is 4.75. The van der Waals surface area contributed by atoms with Gasteiger partial charge in [-0.25, -0.2) is 4.98 Å². The molecular weight excluding hydrogens is 342 g/mol. The molecule has 0 fully saturated rings. The number of hydrogen-bond acceptors (Lipinski definition) is 5. The van der Waals surface area contributed by atoms with Crippen LogP contribution in [0.25, 0.3) is 20.8 Å². The van der Waals surface area contributed by atoms with E-state index in [0.29, 0.717) is 0 Å². The molecule has 1 heterocycles. The van der Waals surface area contributed by atoms with Gasteiger partial charge in [0.1, 0.15) is 17.4 Å². The molecule has 0 aliphatic rings. The van der Waals surface area contributed by atoms with Crippen molar-refractivity contribution in [1.82, 2.24) is 9.88 Å². The third-order valence-electron chi connectivity index (χ3n) is 4.56. The summed E-state index contributed by atoms with van der Waals surface area (Å²) < 4.78 is 7.08. The van der Waals surface area contributed by atoms with Gasteiger partial charge in [-0.05, 0) is 55.6 Å². The quantitative estimate of drug-likeness (QED) is 0.573. The summed E-state index contributed by atoms with van der Waals surface area (Å²) >= 11 is 1.73. The van der Waals surface area contributed by atoms with Gasteiger partial charge in [0.25, 0.3) is 0 Å². The van der Waals surface area contributed by atoms with E-state index >= 15 is 0 Å². The molecule has 0 spiro atoms. The first-order valence-electron chi connectivity index (χ1n) is 9.14. The van der Waals surface area contributed by atoms with E-state index in [0.717, 1.165) is 48.1 Å². The Bertz CT molecular complexity index is 838. The Morgan fingerprint density at radius 1 is 1.00 bits per heavy atom. The number of likely N-dealkylation sites (N-methyl/N-ethyl adjacent to an activating group) is 1. The summed E-state index contributed by atoms with van der Waals surface area (Å²) in [6.45, 7) is 8.16. The average molecular weight is 370 g/mol. The molecule has 0 aliphatic heterocycles. The number of anilines is 1. The highest BCUT2D eigenvalue weighted by Crippen LogP contribution is 2.33. The smallest absolute Gasteiger partial charge is 0.124 e. The number of ether oxygens (including phenoxy) is 1. The second-order valence-electron chi connectivity index (χ2n) is 6.47. The number of thiazole rings is 1. The molecule has 3 rings (SSSR count). The average Bonchev–Trinajstić information content (AvgIpc) is 3.09. The molecule has 5 heteroatoms. The Kier molecular flexibility index (Phi) is 6.12. The molecule has 0 unspecified atom stereocenters. The molecule has 4 nitrogen and oxygen atoms in total. The maximum atomic E-state index is 5.87.